The van der Waals surface area contributed by atoms with Gasteiger partial charge in [-0.3, -0.25) is 4.79 Å². The van der Waals surface area contributed by atoms with E-state index in [2.05, 4.69) is 20.4 Å². The predicted molar refractivity (Wildman–Crippen MR) is 133 cm³/mol. The van der Waals surface area contributed by atoms with Gasteiger partial charge in [-0.25, -0.2) is 9.97 Å². The SMILES string of the molecule is Nc1c(C(=O)Nc2ccc(Cl)cc2)c2nc3ccccc3nc2n1/N=C\c1cccc(Cl)c1. The van der Waals surface area contributed by atoms with Gasteiger partial charge in [0.2, 0.25) is 0 Å². The standard InChI is InChI=1S/C24H16Cl2N6O/c25-15-8-10-17(11-9-15)29-24(33)20-21-23(31-19-7-2-1-6-18(19)30-21)32(22(20)27)28-13-14-4-3-5-16(26)12-14/h1-13H,27H2,(H,29,33)/b28-13-. The fourth-order valence-corrected chi connectivity index (χ4v) is 3.75. The molecule has 3 N–H and O–H groups in total. The molecule has 0 saturated heterocycles. The van der Waals surface area contributed by atoms with Gasteiger partial charge in [0.25, 0.3) is 5.91 Å². The molecule has 2 heterocycles. The molecule has 2 aromatic heterocycles. The first-order chi connectivity index (χ1) is 16.0. The van der Waals surface area contributed by atoms with Crippen molar-refractivity contribution < 1.29 is 4.79 Å². The Kier molecular flexibility index (Phi) is 5.42. The first kappa shape index (κ1) is 20.9. The van der Waals surface area contributed by atoms with Crippen molar-refractivity contribution in [3.05, 3.63) is 94.0 Å². The number of aromatic nitrogens is 3. The van der Waals surface area contributed by atoms with Gasteiger partial charge < -0.3 is 11.1 Å². The van der Waals surface area contributed by atoms with E-state index in [1.54, 1.807) is 42.6 Å². The summed E-state index contributed by atoms with van der Waals surface area (Å²) in [4.78, 5) is 22.6. The van der Waals surface area contributed by atoms with Gasteiger partial charge in [-0.1, -0.05) is 47.5 Å². The Morgan fingerprint density at radius 3 is 2.39 bits per heavy atom. The molecule has 0 saturated carbocycles. The molecule has 9 heteroatoms. The molecule has 0 aliphatic rings. The first-order valence-electron chi connectivity index (χ1n) is 9.93. The second-order valence-corrected chi connectivity index (χ2v) is 8.09. The Morgan fingerprint density at radius 2 is 1.67 bits per heavy atom. The molecular weight excluding hydrogens is 459 g/mol. The molecule has 162 valence electrons. The summed E-state index contributed by atoms with van der Waals surface area (Å²) in [6.45, 7) is 0. The number of nitrogen functional groups attached to an aromatic ring is 1. The second-order valence-electron chi connectivity index (χ2n) is 7.22. The summed E-state index contributed by atoms with van der Waals surface area (Å²) in [5.74, 6) is -0.314. The van der Waals surface area contributed by atoms with Gasteiger partial charge in [0.1, 0.15) is 16.9 Å². The minimum Gasteiger partial charge on any atom is -0.383 e. The topological polar surface area (TPSA) is 98.2 Å². The predicted octanol–water partition coefficient (Wildman–Crippen LogP) is 5.61. The lowest BCUT2D eigenvalue weighted by Crippen LogP contribution is -2.14. The maximum absolute atomic E-state index is 13.2. The fourth-order valence-electron chi connectivity index (χ4n) is 3.43. The lowest BCUT2D eigenvalue weighted by Gasteiger charge is -2.05. The number of nitrogens with zero attached hydrogens (tertiary/aromatic N) is 4. The van der Waals surface area contributed by atoms with E-state index >= 15 is 0 Å². The summed E-state index contributed by atoms with van der Waals surface area (Å²) < 4.78 is 1.41. The van der Waals surface area contributed by atoms with Crippen molar-refractivity contribution in [1.82, 2.24) is 14.6 Å². The van der Waals surface area contributed by atoms with Crippen LogP contribution in [-0.4, -0.2) is 26.8 Å². The van der Waals surface area contributed by atoms with Crippen LogP contribution in [0.3, 0.4) is 0 Å². The molecule has 7 nitrogen and oxygen atoms in total. The van der Waals surface area contributed by atoms with Gasteiger partial charge in [0.15, 0.2) is 5.65 Å². The zero-order valence-corrected chi connectivity index (χ0v) is 18.5. The molecule has 0 unspecified atom stereocenters. The van der Waals surface area contributed by atoms with E-state index < -0.39 is 5.91 Å². The zero-order chi connectivity index (χ0) is 22.9. The minimum absolute atomic E-state index is 0.116. The highest BCUT2D eigenvalue weighted by atomic mass is 35.5. The number of nitrogens with two attached hydrogens (primary N) is 1. The van der Waals surface area contributed by atoms with Crippen LogP contribution in [0.25, 0.3) is 22.2 Å². The van der Waals surface area contributed by atoms with Crippen molar-refractivity contribution in [2.75, 3.05) is 11.1 Å². The quantitative estimate of drug-likeness (QED) is 0.330. The molecule has 0 aliphatic carbocycles. The van der Waals surface area contributed by atoms with Gasteiger partial charge in [-0.05, 0) is 54.1 Å². The average Bonchev–Trinajstić information content (AvgIpc) is 3.08. The first-order valence-corrected chi connectivity index (χ1v) is 10.7. The van der Waals surface area contributed by atoms with Crippen LogP contribution in [-0.2, 0) is 0 Å². The molecule has 33 heavy (non-hydrogen) atoms. The third-order valence-corrected chi connectivity index (χ3v) is 5.46. The van der Waals surface area contributed by atoms with E-state index in [-0.39, 0.29) is 11.4 Å². The third-order valence-electron chi connectivity index (χ3n) is 4.97. The smallest absolute Gasteiger partial charge is 0.261 e. The highest BCUT2D eigenvalue weighted by Gasteiger charge is 2.24. The summed E-state index contributed by atoms with van der Waals surface area (Å²) in [5, 5.41) is 8.46. The summed E-state index contributed by atoms with van der Waals surface area (Å²) >= 11 is 12.0. The molecule has 0 bridgehead atoms. The zero-order valence-electron chi connectivity index (χ0n) is 17.0. The number of carbonyl (C=O) groups excluding carboxylic acids is 1. The van der Waals surface area contributed by atoms with E-state index in [0.717, 1.165) is 5.56 Å². The highest BCUT2D eigenvalue weighted by molar-refractivity contribution is 6.31. The van der Waals surface area contributed by atoms with Crippen molar-refractivity contribution in [3.8, 4) is 0 Å². The molecular formula is C24H16Cl2N6O. The Morgan fingerprint density at radius 1 is 0.939 bits per heavy atom. The number of rotatable bonds is 4. The van der Waals surface area contributed by atoms with E-state index in [0.29, 0.717) is 37.9 Å². The van der Waals surface area contributed by atoms with Crippen LogP contribution in [0.2, 0.25) is 10.0 Å². The van der Waals surface area contributed by atoms with Crippen LogP contribution in [0.15, 0.2) is 77.9 Å². The van der Waals surface area contributed by atoms with Crippen LogP contribution >= 0.6 is 23.2 Å². The fraction of sp³-hybridized carbons (Fsp3) is 0. The lowest BCUT2D eigenvalue weighted by molar-refractivity contribution is 0.102. The number of halogens is 2. The van der Waals surface area contributed by atoms with Crippen LogP contribution < -0.4 is 11.1 Å². The third kappa shape index (κ3) is 4.11. The number of nitrogens with one attached hydrogen (secondary N) is 1. The number of hydrogen-bond acceptors (Lipinski definition) is 5. The monoisotopic (exact) mass is 474 g/mol. The Hall–Kier alpha value is -3.94. The Bertz CT molecular complexity index is 1540. The number of fused-ring (bicyclic) bond motifs is 2. The van der Waals surface area contributed by atoms with Crippen LogP contribution in [0, 0.1) is 0 Å². The van der Waals surface area contributed by atoms with Crippen molar-refractivity contribution in [2.24, 2.45) is 5.10 Å². The lowest BCUT2D eigenvalue weighted by atomic mass is 10.2. The van der Waals surface area contributed by atoms with Crippen molar-refractivity contribution in [3.63, 3.8) is 0 Å². The maximum atomic E-state index is 13.2. The van der Waals surface area contributed by atoms with Crippen LogP contribution in [0.4, 0.5) is 11.5 Å². The van der Waals surface area contributed by atoms with Crippen LogP contribution in [0.1, 0.15) is 15.9 Å². The molecule has 0 aliphatic heterocycles. The number of amides is 1. The van der Waals surface area contributed by atoms with Crippen LogP contribution in [0.5, 0.6) is 0 Å². The summed E-state index contributed by atoms with van der Waals surface area (Å²) in [7, 11) is 0. The minimum atomic E-state index is -0.430. The highest BCUT2D eigenvalue weighted by Crippen LogP contribution is 2.29. The summed E-state index contributed by atoms with van der Waals surface area (Å²) in [5.41, 5.74) is 9.95. The molecule has 0 radical (unpaired) electrons. The number of carbonyl (C=O) groups is 1. The van der Waals surface area contributed by atoms with E-state index in [4.69, 9.17) is 28.9 Å². The van der Waals surface area contributed by atoms with E-state index in [1.807, 2.05) is 36.4 Å². The Labute approximate surface area is 198 Å². The number of hydrogen-bond donors (Lipinski definition) is 2. The number of para-hydroxylation sites is 2. The van der Waals surface area contributed by atoms with E-state index in [1.165, 1.54) is 4.68 Å². The van der Waals surface area contributed by atoms with E-state index in [9.17, 15) is 4.79 Å². The van der Waals surface area contributed by atoms with Gasteiger partial charge in [-0.15, -0.1) is 0 Å². The molecule has 0 fully saturated rings. The summed E-state index contributed by atoms with van der Waals surface area (Å²) in [6, 6.07) is 21.4. The maximum Gasteiger partial charge on any atom is 0.261 e. The Balaban J connectivity index is 1.66. The van der Waals surface area contributed by atoms with Gasteiger partial charge in [0, 0.05) is 15.7 Å². The summed E-state index contributed by atoms with van der Waals surface area (Å²) in [6.07, 6.45) is 1.60. The molecule has 1 amide bonds. The normalized spacial score (nSPS) is 11.5. The molecule has 5 aromatic rings. The number of anilines is 2. The average molecular weight is 475 g/mol. The van der Waals surface area contributed by atoms with Gasteiger partial charge >= 0.3 is 0 Å². The van der Waals surface area contributed by atoms with Crippen molar-refractivity contribution in [1.29, 1.82) is 0 Å². The largest absolute Gasteiger partial charge is 0.383 e. The van der Waals surface area contributed by atoms with Crippen molar-refractivity contribution in [2.45, 2.75) is 0 Å². The number of benzene rings is 3. The van der Waals surface area contributed by atoms with Gasteiger partial charge in [0.05, 0.1) is 17.2 Å². The van der Waals surface area contributed by atoms with Crippen molar-refractivity contribution >= 4 is 69.0 Å². The molecule has 0 atom stereocenters. The molecule has 5 rings (SSSR count). The second kappa shape index (κ2) is 8.54. The molecule has 0 spiro atoms. The van der Waals surface area contributed by atoms with Gasteiger partial charge in [-0.2, -0.15) is 9.78 Å². The molecule has 3 aromatic carbocycles.